The molecule has 5 atom stereocenters. The molecule has 0 radical (unpaired) electrons. The number of para-hydroxylation sites is 1. The van der Waals surface area contributed by atoms with Gasteiger partial charge in [-0.2, -0.15) is 0 Å². The van der Waals surface area contributed by atoms with Crippen LogP contribution in [0.1, 0.15) is 27.7 Å². The molecule has 3 aliphatic heterocycles. The van der Waals surface area contributed by atoms with Gasteiger partial charge in [0.2, 0.25) is 0 Å². The fourth-order valence-electron chi connectivity index (χ4n) is 3.56. The molecule has 0 bridgehead atoms. The summed E-state index contributed by atoms with van der Waals surface area (Å²) in [4.78, 5) is 12.8. The number of hydrogen-bond donors (Lipinski definition) is 1. The van der Waals surface area contributed by atoms with Gasteiger partial charge in [0, 0.05) is 5.69 Å². The van der Waals surface area contributed by atoms with Crippen LogP contribution >= 0.6 is 0 Å². The fourth-order valence-corrected chi connectivity index (χ4v) is 3.56. The lowest BCUT2D eigenvalue weighted by atomic mass is 9.98. The Labute approximate surface area is 146 Å². The molecular formula is C18H23NO6. The van der Waals surface area contributed by atoms with Crippen molar-refractivity contribution in [3.05, 3.63) is 30.3 Å². The van der Waals surface area contributed by atoms with Gasteiger partial charge < -0.3 is 29.0 Å². The van der Waals surface area contributed by atoms with Gasteiger partial charge in [0.05, 0.1) is 0 Å². The van der Waals surface area contributed by atoms with E-state index in [1.807, 2.05) is 58.0 Å². The molecule has 4 rings (SSSR count). The number of carbonyl (C=O) groups excluding carboxylic acids is 1. The number of ether oxygens (including phenoxy) is 5. The van der Waals surface area contributed by atoms with Gasteiger partial charge in [-0.15, -0.1) is 0 Å². The van der Waals surface area contributed by atoms with Gasteiger partial charge in [0.25, 0.3) is 5.91 Å². The summed E-state index contributed by atoms with van der Waals surface area (Å²) in [7, 11) is 0. The first-order valence-electron chi connectivity index (χ1n) is 8.47. The number of benzene rings is 1. The number of hydrogen-bond acceptors (Lipinski definition) is 6. The average molecular weight is 349 g/mol. The summed E-state index contributed by atoms with van der Waals surface area (Å²) in [6, 6.07) is 9.22. The molecular weight excluding hydrogens is 326 g/mol. The molecule has 7 heteroatoms. The Balaban J connectivity index is 1.58. The summed E-state index contributed by atoms with van der Waals surface area (Å²) in [6.07, 6.45) is -2.99. The summed E-state index contributed by atoms with van der Waals surface area (Å²) in [5, 5.41) is 2.86. The van der Waals surface area contributed by atoms with Gasteiger partial charge in [-0.1, -0.05) is 18.2 Å². The molecule has 3 saturated heterocycles. The minimum absolute atomic E-state index is 0.297. The van der Waals surface area contributed by atoms with Crippen LogP contribution in [0.3, 0.4) is 0 Å². The van der Waals surface area contributed by atoms with Gasteiger partial charge >= 0.3 is 0 Å². The number of fused-ring (bicyclic) bond motifs is 3. The zero-order chi connectivity index (χ0) is 17.8. The summed E-state index contributed by atoms with van der Waals surface area (Å²) < 4.78 is 29.6. The standard InChI is InChI=1S/C18H23NO6/c1-17(2)22-11-12(23-17)14-16(25-18(3,4)24-14)21-13(11)15(20)19-10-8-6-5-7-9-10/h5-9,11-14,16H,1-4H3,(H,19,20). The average Bonchev–Trinajstić information content (AvgIpc) is 3.01. The molecule has 5 unspecified atom stereocenters. The first-order valence-corrected chi connectivity index (χ1v) is 8.47. The van der Waals surface area contributed by atoms with E-state index in [9.17, 15) is 4.79 Å². The van der Waals surface area contributed by atoms with Crippen molar-refractivity contribution in [3.63, 3.8) is 0 Å². The highest BCUT2D eigenvalue weighted by atomic mass is 16.9. The molecule has 1 amide bonds. The second-order valence-electron chi connectivity index (χ2n) is 7.45. The van der Waals surface area contributed by atoms with Crippen molar-refractivity contribution in [1.82, 2.24) is 0 Å². The molecule has 7 nitrogen and oxygen atoms in total. The molecule has 1 aromatic rings. The number of amides is 1. The summed E-state index contributed by atoms with van der Waals surface area (Å²) in [5.41, 5.74) is 0.692. The minimum Gasteiger partial charge on any atom is -0.342 e. The highest BCUT2D eigenvalue weighted by Gasteiger charge is 2.62. The Morgan fingerprint density at radius 3 is 2.20 bits per heavy atom. The van der Waals surface area contributed by atoms with Gasteiger partial charge in [-0.3, -0.25) is 4.79 Å². The molecule has 3 heterocycles. The number of rotatable bonds is 2. The van der Waals surface area contributed by atoms with Crippen LogP contribution in [-0.4, -0.2) is 48.2 Å². The van der Waals surface area contributed by atoms with Crippen molar-refractivity contribution >= 4 is 11.6 Å². The largest absolute Gasteiger partial charge is 0.342 e. The molecule has 1 aromatic carbocycles. The zero-order valence-corrected chi connectivity index (χ0v) is 14.7. The van der Waals surface area contributed by atoms with Crippen LogP contribution in [0.5, 0.6) is 0 Å². The number of nitrogens with one attached hydrogen (secondary N) is 1. The number of anilines is 1. The van der Waals surface area contributed by atoms with Crippen molar-refractivity contribution in [3.8, 4) is 0 Å². The molecule has 3 aliphatic rings. The van der Waals surface area contributed by atoms with Crippen LogP contribution in [0.4, 0.5) is 5.69 Å². The molecule has 0 spiro atoms. The maximum Gasteiger partial charge on any atom is 0.256 e. The lowest BCUT2D eigenvalue weighted by Crippen LogP contribution is -2.58. The predicted molar refractivity (Wildman–Crippen MR) is 87.6 cm³/mol. The Morgan fingerprint density at radius 1 is 0.880 bits per heavy atom. The first kappa shape index (κ1) is 16.9. The smallest absolute Gasteiger partial charge is 0.256 e. The Morgan fingerprint density at radius 2 is 1.48 bits per heavy atom. The molecule has 3 fully saturated rings. The van der Waals surface area contributed by atoms with Crippen molar-refractivity contribution < 1.29 is 28.5 Å². The van der Waals surface area contributed by atoms with E-state index in [1.165, 1.54) is 0 Å². The van der Waals surface area contributed by atoms with Gasteiger partial charge in [-0.05, 0) is 39.8 Å². The van der Waals surface area contributed by atoms with Crippen LogP contribution in [0.2, 0.25) is 0 Å². The van der Waals surface area contributed by atoms with E-state index >= 15 is 0 Å². The SMILES string of the molecule is CC1(C)OC2OC(C(=O)Nc3ccccc3)C3OC(C)(C)OC3C2O1. The first-order chi connectivity index (χ1) is 11.7. The lowest BCUT2D eigenvalue weighted by molar-refractivity contribution is -0.229. The van der Waals surface area contributed by atoms with Crippen LogP contribution < -0.4 is 5.32 Å². The second-order valence-corrected chi connectivity index (χ2v) is 7.45. The van der Waals surface area contributed by atoms with Gasteiger partial charge in [0.15, 0.2) is 24.0 Å². The van der Waals surface area contributed by atoms with Crippen LogP contribution in [0.15, 0.2) is 30.3 Å². The van der Waals surface area contributed by atoms with Crippen LogP contribution in [-0.2, 0) is 28.5 Å². The normalized spacial score (nSPS) is 38.0. The van der Waals surface area contributed by atoms with E-state index in [0.717, 1.165) is 0 Å². The highest BCUT2D eigenvalue weighted by Crippen LogP contribution is 2.44. The Kier molecular flexibility index (Phi) is 3.90. The summed E-state index contributed by atoms with van der Waals surface area (Å²) >= 11 is 0. The highest BCUT2D eigenvalue weighted by molar-refractivity contribution is 5.94. The molecule has 0 aromatic heterocycles. The lowest BCUT2D eigenvalue weighted by Gasteiger charge is -2.36. The molecule has 25 heavy (non-hydrogen) atoms. The van der Waals surface area contributed by atoms with Crippen molar-refractivity contribution in [2.45, 2.75) is 70.0 Å². The van der Waals surface area contributed by atoms with Gasteiger partial charge in [0.1, 0.15) is 18.3 Å². The second kappa shape index (κ2) is 5.75. The van der Waals surface area contributed by atoms with E-state index in [4.69, 9.17) is 23.7 Å². The zero-order valence-electron chi connectivity index (χ0n) is 14.7. The van der Waals surface area contributed by atoms with E-state index in [1.54, 1.807) is 0 Å². The Hall–Kier alpha value is -1.51. The van der Waals surface area contributed by atoms with Crippen molar-refractivity contribution in [2.24, 2.45) is 0 Å². The van der Waals surface area contributed by atoms with E-state index in [0.29, 0.717) is 5.69 Å². The monoisotopic (exact) mass is 349 g/mol. The third kappa shape index (κ3) is 3.18. The predicted octanol–water partition coefficient (Wildman–Crippen LogP) is 2.02. The maximum absolute atomic E-state index is 12.8. The fraction of sp³-hybridized carbons (Fsp3) is 0.611. The van der Waals surface area contributed by atoms with Gasteiger partial charge in [-0.25, -0.2) is 0 Å². The summed E-state index contributed by atoms with van der Waals surface area (Å²) in [5.74, 6) is -1.93. The molecule has 136 valence electrons. The van der Waals surface area contributed by atoms with E-state index in [-0.39, 0.29) is 5.91 Å². The molecule has 0 aliphatic carbocycles. The van der Waals surface area contributed by atoms with Crippen LogP contribution in [0.25, 0.3) is 0 Å². The van der Waals surface area contributed by atoms with Crippen molar-refractivity contribution in [1.29, 1.82) is 0 Å². The quantitative estimate of drug-likeness (QED) is 0.880. The molecule has 1 N–H and O–H groups in total. The van der Waals surface area contributed by atoms with Crippen molar-refractivity contribution in [2.75, 3.05) is 5.32 Å². The van der Waals surface area contributed by atoms with E-state index < -0.39 is 42.3 Å². The third-order valence-corrected chi connectivity index (χ3v) is 4.45. The minimum atomic E-state index is -0.856. The van der Waals surface area contributed by atoms with Crippen LogP contribution in [0, 0.1) is 0 Å². The Bertz CT molecular complexity index is 661. The molecule has 0 saturated carbocycles. The third-order valence-electron chi connectivity index (χ3n) is 4.45. The number of carbonyl (C=O) groups is 1. The maximum atomic E-state index is 12.8. The summed E-state index contributed by atoms with van der Waals surface area (Å²) in [6.45, 7) is 7.24. The topological polar surface area (TPSA) is 75.3 Å². The van der Waals surface area contributed by atoms with E-state index in [2.05, 4.69) is 5.32 Å².